The molecule has 116 valence electrons. The lowest BCUT2D eigenvalue weighted by molar-refractivity contribution is -0.150. The van der Waals surface area contributed by atoms with Crippen molar-refractivity contribution in [1.82, 2.24) is 5.32 Å². The van der Waals surface area contributed by atoms with Crippen molar-refractivity contribution >= 4 is 39.4 Å². The molecule has 21 heavy (non-hydrogen) atoms. The second kappa shape index (κ2) is 8.89. The summed E-state index contributed by atoms with van der Waals surface area (Å²) >= 11 is 9.21. The number of hydrogen-bond donors (Lipinski definition) is 1. The molecule has 0 saturated heterocycles. The van der Waals surface area contributed by atoms with E-state index in [0.717, 1.165) is 10.9 Å². The topological polar surface area (TPSA) is 64.6 Å². The molecule has 0 radical (unpaired) electrons. The van der Waals surface area contributed by atoms with Crippen LogP contribution in [0.2, 0.25) is 5.02 Å². The molecule has 0 aliphatic rings. The molecule has 0 aliphatic carbocycles. The molecule has 7 heteroatoms. The van der Waals surface area contributed by atoms with Crippen molar-refractivity contribution in [3.63, 3.8) is 0 Å². The van der Waals surface area contributed by atoms with E-state index in [1.165, 1.54) is 0 Å². The van der Waals surface area contributed by atoms with E-state index >= 15 is 0 Å². The van der Waals surface area contributed by atoms with Crippen molar-refractivity contribution in [2.24, 2.45) is 0 Å². The Morgan fingerprint density at radius 1 is 1.38 bits per heavy atom. The van der Waals surface area contributed by atoms with Gasteiger partial charge >= 0.3 is 5.97 Å². The van der Waals surface area contributed by atoms with Crippen molar-refractivity contribution in [3.05, 3.63) is 27.7 Å². The third kappa shape index (κ3) is 6.82. The van der Waals surface area contributed by atoms with E-state index in [2.05, 4.69) is 21.2 Å². The lowest BCUT2D eigenvalue weighted by atomic mass is 10.2. The zero-order valence-corrected chi connectivity index (χ0v) is 14.2. The molecule has 1 rings (SSSR count). The number of hydrogen-bond acceptors (Lipinski definition) is 4. The summed E-state index contributed by atoms with van der Waals surface area (Å²) in [4.78, 5) is 22.9. The molecule has 0 aliphatic heterocycles. The average Bonchev–Trinajstić information content (AvgIpc) is 2.44. The monoisotopic (exact) mass is 377 g/mol. The standard InChI is InChI=1S/C14H17BrClNO4/c1-3-9(2)17-13(18)7-21-14(19)8-20-12-5-4-10(15)6-11(12)16/h4-6,9H,3,7-8H2,1-2H3,(H,17,18)/t9-/m1/s1. The number of benzene rings is 1. The summed E-state index contributed by atoms with van der Waals surface area (Å²) in [7, 11) is 0. The first-order chi connectivity index (χ1) is 9.92. The smallest absolute Gasteiger partial charge is 0.344 e. The molecular formula is C14H17BrClNO4. The van der Waals surface area contributed by atoms with Crippen LogP contribution in [0.15, 0.2) is 22.7 Å². The normalized spacial score (nSPS) is 11.6. The van der Waals surface area contributed by atoms with Gasteiger partial charge in [0.2, 0.25) is 0 Å². The van der Waals surface area contributed by atoms with E-state index in [1.54, 1.807) is 18.2 Å². The largest absolute Gasteiger partial charge is 0.480 e. The Kier molecular flexibility index (Phi) is 7.53. The number of nitrogens with one attached hydrogen (secondary N) is 1. The van der Waals surface area contributed by atoms with Gasteiger partial charge in [0, 0.05) is 10.5 Å². The SMILES string of the molecule is CC[C@@H](C)NC(=O)COC(=O)COc1ccc(Br)cc1Cl. The highest BCUT2D eigenvalue weighted by atomic mass is 79.9. The maximum Gasteiger partial charge on any atom is 0.344 e. The van der Waals surface area contributed by atoms with Crippen LogP contribution in [0.25, 0.3) is 0 Å². The summed E-state index contributed by atoms with van der Waals surface area (Å²) < 4.78 is 10.8. The highest BCUT2D eigenvalue weighted by Crippen LogP contribution is 2.27. The minimum absolute atomic E-state index is 0.0500. The first kappa shape index (κ1) is 17.8. The van der Waals surface area contributed by atoms with E-state index < -0.39 is 5.97 Å². The van der Waals surface area contributed by atoms with E-state index in [0.29, 0.717) is 10.8 Å². The minimum Gasteiger partial charge on any atom is -0.480 e. The summed E-state index contributed by atoms with van der Waals surface area (Å²) in [6, 6.07) is 5.08. The molecule has 0 fully saturated rings. The van der Waals surface area contributed by atoms with Crippen LogP contribution in [0.4, 0.5) is 0 Å². The average molecular weight is 379 g/mol. The van der Waals surface area contributed by atoms with Crippen LogP contribution in [-0.4, -0.2) is 31.1 Å². The van der Waals surface area contributed by atoms with E-state index in [1.807, 2.05) is 13.8 Å². The molecule has 0 heterocycles. The second-order valence-corrected chi connectivity index (χ2v) is 5.72. The quantitative estimate of drug-likeness (QED) is 0.741. The van der Waals surface area contributed by atoms with Gasteiger partial charge in [-0.3, -0.25) is 4.79 Å². The Bertz CT molecular complexity index is 510. The van der Waals surface area contributed by atoms with Crippen LogP contribution in [0, 0.1) is 0 Å². The van der Waals surface area contributed by atoms with Crippen LogP contribution in [-0.2, 0) is 14.3 Å². The van der Waals surface area contributed by atoms with Crippen molar-refractivity contribution < 1.29 is 19.1 Å². The van der Waals surface area contributed by atoms with Crippen LogP contribution < -0.4 is 10.1 Å². The lowest BCUT2D eigenvalue weighted by Crippen LogP contribution is -2.35. The zero-order valence-electron chi connectivity index (χ0n) is 11.8. The molecule has 0 aromatic heterocycles. The number of ether oxygens (including phenoxy) is 2. The number of halogens is 2. The lowest BCUT2D eigenvalue weighted by Gasteiger charge is -2.12. The van der Waals surface area contributed by atoms with Crippen LogP contribution in [0.1, 0.15) is 20.3 Å². The third-order valence-corrected chi connectivity index (χ3v) is 3.41. The number of carbonyl (C=O) groups excluding carboxylic acids is 2. The summed E-state index contributed by atoms with van der Waals surface area (Å²) in [5.41, 5.74) is 0. The van der Waals surface area contributed by atoms with Crippen LogP contribution >= 0.6 is 27.5 Å². The fraction of sp³-hybridized carbons (Fsp3) is 0.429. The van der Waals surface area contributed by atoms with Gasteiger partial charge in [-0.2, -0.15) is 0 Å². The number of amides is 1. The minimum atomic E-state index is -0.631. The molecule has 0 unspecified atom stereocenters. The molecule has 0 bridgehead atoms. The zero-order chi connectivity index (χ0) is 15.8. The summed E-state index contributed by atoms with van der Waals surface area (Å²) in [5.74, 6) is -0.589. The Balaban J connectivity index is 2.32. The van der Waals surface area contributed by atoms with E-state index in [4.69, 9.17) is 21.1 Å². The van der Waals surface area contributed by atoms with Gasteiger partial charge in [-0.15, -0.1) is 0 Å². The molecular weight excluding hydrogens is 362 g/mol. The fourth-order valence-corrected chi connectivity index (χ4v) is 2.06. The Morgan fingerprint density at radius 3 is 2.71 bits per heavy atom. The first-order valence-electron chi connectivity index (χ1n) is 6.45. The van der Waals surface area contributed by atoms with Gasteiger partial charge in [-0.25, -0.2) is 4.79 Å². The number of esters is 1. The molecule has 1 aromatic carbocycles. The number of rotatable bonds is 7. The van der Waals surface area contributed by atoms with Gasteiger partial charge in [-0.1, -0.05) is 34.5 Å². The molecule has 1 amide bonds. The number of carbonyl (C=O) groups is 2. The van der Waals surface area contributed by atoms with Crippen molar-refractivity contribution in [2.75, 3.05) is 13.2 Å². The highest BCUT2D eigenvalue weighted by Gasteiger charge is 2.11. The molecule has 5 nitrogen and oxygen atoms in total. The van der Waals surface area contributed by atoms with Crippen molar-refractivity contribution in [1.29, 1.82) is 0 Å². The van der Waals surface area contributed by atoms with Crippen LogP contribution in [0.3, 0.4) is 0 Å². The first-order valence-corrected chi connectivity index (χ1v) is 7.62. The maximum absolute atomic E-state index is 11.5. The van der Waals surface area contributed by atoms with Gasteiger partial charge in [0.1, 0.15) is 5.75 Å². The van der Waals surface area contributed by atoms with Crippen molar-refractivity contribution in [2.45, 2.75) is 26.3 Å². The Hall–Kier alpha value is -1.27. The van der Waals surface area contributed by atoms with Crippen LogP contribution in [0.5, 0.6) is 5.75 Å². The summed E-state index contributed by atoms with van der Waals surface area (Å²) in [5, 5.41) is 3.07. The van der Waals surface area contributed by atoms with Gasteiger partial charge in [-0.05, 0) is 31.5 Å². The fourth-order valence-electron chi connectivity index (χ4n) is 1.34. The predicted octanol–water partition coefficient (Wildman–Crippen LogP) is 2.94. The highest BCUT2D eigenvalue weighted by molar-refractivity contribution is 9.10. The summed E-state index contributed by atoms with van der Waals surface area (Å²) in [6.45, 7) is 3.20. The van der Waals surface area contributed by atoms with Crippen molar-refractivity contribution in [3.8, 4) is 5.75 Å². The van der Waals surface area contributed by atoms with Gasteiger partial charge in [0.15, 0.2) is 13.2 Å². The molecule has 1 aromatic rings. The van der Waals surface area contributed by atoms with Gasteiger partial charge < -0.3 is 14.8 Å². The molecule has 1 N–H and O–H groups in total. The van der Waals surface area contributed by atoms with E-state index in [-0.39, 0.29) is 25.2 Å². The van der Waals surface area contributed by atoms with Gasteiger partial charge in [0.05, 0.1) is 5.02 Å². The predicted molar refractivity (Wildman–Crippen MR) is 83.5 cm³/mol. The molecule has 0 saturated carbocycles. The Morgan fingerprint density at radius 2 is 2.10 bits per heavy atom. The molecule has 0 spiro atoms. The Labute approximate surface area is 137 Å². The second-order valence-electron chi connectivity index (χ2n) is 4.40. The summed E-state index contributed by atoms with van der Waals surface area (Å²) in [6.07, 6.45) is 0.810. The molecule has 1 atom stereocenters. The van der Waals surface area contributed by atoms with E-state index in [9.17, 15) is 9.59 Å². The van der Waals surface area contributed by atoms with Gasteiger partial charge in [0.25, 0.3) is 5.91 Å². The third-order valence-electron chi connectivity index (χ3n) is 2.62. The maximum atomic E-state index is 11.5.